The topological polar surface area (TPSA) is 26.3 Å². The van der Waals surface area contributed by atoms with Crippen LogP contribution in [-0.2, 0) is 9.53 Å². The van der Waals surface area contributed by atoms with Crippen LogP contribution in [0.4, 0.5) is 0 Å². The van der Waals surface area contributed by atoms with E-state index < -0.39 is 0 Å². The molecule has 0 saturated heterocycles. The van der Waals surface area contributed by atoms with Crippen LogP contribution in [0.3, 0.4) is 0 Å². The van der Waals surface area contributed by atoms with Gasteiger partial charge in [-0.3, -0.25) is 0 Å². The normalized spacial score (nSPS) is 11.1. The second-order valence-electron chi connectivity index (χ2n) is 2.65. The molecule has 1 rings (SSSR count). The van der Waals surface area contributed by atoms with Crippen molar-refractivity contribution in [2.24, 2.45) is 0 Å². The molecule has 0 bridgehead atoms. The van der Waals surface area contributed by atoms with Gasteiger partial charge in [0.05, 0.1) is 6.61 Å². The van der Waals surface area contributed by atoms with Gasteiger partial charge in [-0.25, -0.2) is 4.79 Å². The van der Waals surface area contributed by atoms with Crippen LogP contribution in [0.15, 0.2) is 36.4 Å². The Balaban J connectivity index is 2.75. The summed E-state index contributed by atoms with van der Waals surface area (Å²) in [6.07, 6.45) is 1.38. The Morgan fingerprint density at radius 1 is 1.43 bits per heavy atom. The van der Waals surface area contributed by atoms with Crippen molar-refractivity contribution in [1.82, 2.24) is 0 Å². The van der Waals surface area contributed by atoms with Crippen LogP contribution in [0.25, 0.3) is 4.91 Å². The minimum absolute atomic E-state index is 0.360. The van der Waals surface area contributed by atoms with Crippen molar-refractivity contribution in [3.8, 4) is 0 Å². The summed E-state index contributed by atoms with van der Waals surface area (Å²) in [5.74, 6) is -0.360. The third-order valence-electron chi connectivity index (χ3n) is 1.61. The van der Waals surface area contributed by atoms with Crippen LogP contribution < -0.4 is 0 Å². The predicted octanol–water partition coefficient (Wildman–Crippen LogP) is 2.52. The highest BCUT2D eigenvalue weighted by atomic mass is 32.1. The van der Waals surface area contributed by atoms with E-state index in [0.717, 1.165) is 5.56 Å². The van der Waals surface area contributed by atoms with E-state index >= 15 is 0 Å². The number of rotatable bonds is 3. The quantitative estimate of drug-likeness (QED) is 0.469. The molecule has 3 heteroatoms. The lowest BCUT2D eigenvalue weighted by atomic mass is 10.2. The van der Waals surface area contributed by atoms with Gasteiger partial charge >= 0.3 is 5.97 Å². The molecule has 0 aromatic heterocycles. The summed E-state index contributed by atoms with van der Waals surface area (Å²) in [6, 6.07) is 9.47. The number of carbonyl (C=O) groups excluding carboxylic acids is 1. The van der Waals surface area contributed by atoms with Crippen molar-refractivity contribution >= 4 is 23.5 Å². The van der Waals surface area contributed by atoms with Crippen molar-refractivity contribution in [3.63, 3.8) is 0 Å². The van der Waals surface area contributed by atoms with Gasteiger partial charge in [0.2, 0.25) is 0 Å². The Hall–Kier alpha value is -1.22. The van der Waals surface area contributed by atoms with Gasteiger partial charge in [0, 0.05) is 11.0 Å². The molecule has 74 valence electrons. The molecule has 0 fully saturated rings. The van der Waals surface area contributed by atoms with Crippen molar-refractivity contribution in [2.75, 3.05) is 6.61 Å². The molecule has 0 heterocycles. The molecule has 0 radical (unpaired) electrons. The van der Waals surface area contributed by atoms with Crippen molar-refractivity contribution in [1.29, 1.82) is 0 Å². The van der Waals surface area contributed by atoms with Crippen molar-refractivity contribution in [3.05, 3.63) is 42.0 Å². The highest BCUT2D eigenvalue weighted by Crippen LogP contribution is 2.17. The van der Waals surface area contributed by atoms with Crippen molar-refractivity contribution in [2.45, 2.75) is 6.92 Å². The maximum atomic E-state index is 11.1. The summed E-state index contributed by atoms with van der Waals surface area (Å²) >= 11 is 4.21. The summed E-state index contributed by atoms with van der Waals surface area (Å²) in [4.78, 5) is 11.7. The molecule has 0 aliphatic carbocycles. The molecule has 14 heavy (non-hydrogen) atoms. The Kier molecular flexibility index (Phi) is 4.26. The molecule has 0 spiro atoms. The highest BCUT2D eigenvalue weighted by molar-refractivity contribution is 7.90. The number of benzene rings is 1. The molecule has 0 aliphatic heterocycles. The zero-order valence-electron chi connectivity index (χ0n) is 7.93. The van der Waals surface area contributed by atoms with Gasteiger partial charge in [0.15, 0.2) is 0 Å². The SMILES string of the molecule is CCOC(=O)/C=C(\S)c1ccccc1. The Bertz CT molecular complexity index is 330. The van der Waals surface area contributed by atoms with Gasteiger partial charge in [-0.1, -0.05) is 30.3 Å². The van der Waals surface area contributed by atoms with E-state index in [1.54, 1.807) is 6.92 Å². The smallest absolute Gasteiger partial charge is 0.331 e. The van der Waals surface area contributed by atoms with E-state index in [9.17, 15) is 4.79 Å². The highest BCUT2D eigenvalue weighted by Gasteiger charge is 2.00. The second kappa shape index (κ2) is 5.50. The maximum Gasteiger partial charge on any atom is 0.331 e. The number of esters is 1. The zero-order valence-corrected chi connectivity index (χ0v) is 8.83. The van der Waals surface area contributed by atoms with Gasteiger partial charge in [0.25, 0.3) is 0 Å². The first kappa shape index (κ1) is 10.9. The third kappa shape index (κ3) is 3.26. The summed E-state index contributed by atoms with van der Waals surface area (Å²) in [5, 5.41) is 0. The standard InChI is InChI=1S/C11H12O2S/c1-2-13-11(12)8-10(14)9-6-4-3-5-7-9/h3-8,14H,2H2,1H3/b10-8-. The summed E-state index contributed by atoms with van der Waals surface area (Å²) in [7, 11) is 0. The van der Waals surface area contributed by atoms with Crippen LogP contribution >= 0.6 is 12.6 Å². The fraction of sp³-hybridized carbons (Fsp3) is 0.182. The Labute approximate surface area is 89.0 Å². The molecule has 2 nitrogen and oxygen atoms in total. The third-order valence-corrected chi connectivity index (χ3v) is 2.00. The fourth-order valence-corrected chi connectivity index (χ4v) is 1.24. The van der Waals surface area contributed by atoms with Gasteiger partial charge in [-0.05, 0) is 12.5 Å². The number of thiol groups is 1. The molecule has 0 amide bonds. The first-order chi connectivity index (χ1) is 6.74. The van der Waals surface area contributed by atoms with E-state index in [4.69, 9.17) is 4.74 Å². The Morgan fingerprint density at radius 2 is 2.07 bits per heavy atom. The van der Waals surface area contributed by atoms with Gasteiger partial charge < -0.3 is 4.74 Å². The Morgan fingerprint density at radius 3 is 2.64 bits per heavy atom. The molecule has 0 N–H and O–H groups in total. The van der Waals surface area contributed by atoms with Crippen LogP contribution in [0.1, 0.15) is 12.5 Å². The largest absolute Gasteiger partial charge is 0.463 e. The number of hydrogen-bond donors (Lipinski definition) is 1. The average Bonchev–Trinajstić information content (AvgIpc) is 2.19. The van der Waals surface area contributed by atoms with Crippen LogP contribution in [-0.4, -0.2) is 12.6 Å². The van der Waals surface area contributed by atoms with Gasteiger partial charge in [-0.15, -0.1) is 12.6 Å². The summed E-state index contributed by atoms with van der Waals surface area (Å²) in [6.45, 7) is 2.15. The van der Waals surface area contributed by atoms with Gasteiger partial charge in [0.1, 0.15) is 0 Å². The lowest BCUT2D eigenvalue weighted by Crippen LogP contribution is -1.99. The lowest BCUT2D eigenvalue weighted by molar-refractivity contribution is -0.137. The molecule has 0 saturated carbocycles. The van der Waals surface area contributed by atoms with Crippen molar-refractivity contribution < 1.29 is 9.53 Å². The monoisotopic (exact) mass is 208 g/mol. The van der Waals surface area contributed by atoms with E-state index in [1.165, 1.54) is 6.08 Å². The minimum atomic E-state index is -0.360. The predicted molar refractivity (Wildman–Crippen MR) is 60.0 cm³/mol. The van der Waals surface area contributed by atoms with E-state index in [1.807, 2.05) is 30.3 Å². The number of hydrogen-bond acceptors (Lipinski definition) is 3. The van der Waals surface area contributed by atoms with Crippen LogP contribution in [0.2, 0.25) is 0 Å². The van der Waals surface area contributed by atoms with Crippen LogP contribution in [0, 0.1) is 0 Å². The van der Waals surface area contributed by atoms with Crippen LogP contribution in [0.5, 0.6) is 0 Å². The molecule has 0 atom stereocenters. The number of carbonyl (C=O) groups is 1. The second-order valence-corrected chi connectivity index (χ2v) is 3.13. The zero-order chi connectivity index (χ0) is 10.4. The minimum Gasteiger partial charge on any atom is -0.463 e. The van der Waals surface area contributed by atoms with E-state index in [2.05, 4.69) is 12.6 Å². The first-order valence-electron chi connectivity index (χ1n) is 4.37. The molecule has 1 aromatic carbocycles. The molecule has 1 aromatic rings. The molecular formula is C11H12O2S. The van der Waals surface area contributed by atoms with Gasteiger partial charge in [-0.2, -0.15) is 0 Å². The number of ether oxygens (including phenoxy) is 1. The maximum absolute atomic E-state index is 11.1. The summed E-state index contributed by atoms with van der Waals surface area (Å²) < 4.78 is 4.77. The molecule has 0 aliphatic rings. The molecular weight excluding hydrogens is 196 g/mol. The first-order valence-corrected chi connectivity index (χ1v) is 4.81. The lowest BCUT2D eigenvalue weighted by Gasteiger charge is -2.00. The average molecular weight is 208 g/mol. The van der Waals surface area contributed by atoms with E-state index in [0.29, 0.717) is 11.5 Å². The van der Waals surface area contributed by atoms with E-state index in [-0.39, 0.29) is 5.97 Å². The summed E-state index contributed by atoms with van der Waals surface area (Å²) in [5.41, 5.74) is 0.906. The fourth-order valence-electron chi connectivity index (χ4n) is 0.988. The molecule has 0 unspecified atom stereocenters.